The Morgan fingerprint density at radius 3 is 2.48 bits per heavy atom. The summed E-state index contributed by atoms with van der Waals surface area (Å²) in [5.41, 5.74) is 3.45. The van der Waals surface area contributed by atoms with Crippen molar-refractivity contribution in [2.24, 2.45) is 0 Å². The lowest BCUT2D eigenvalue weighted by molar-refractivity contribution is -0.122. The van der Waals surface area contributed by atoms with Crippen LogP contribution >= 0.6 is 35.4 Å². The van der Waals surface area contributed by atoms with Crippen LogP contribution in [0.15, 0.2) is 54.1 Å². The zero-order valence-corrected chi connectivity index (χ0v) is 20.3. The zero-order valence-electron chi connectivity index (χ0n) is 18.0. The molecule has 33 heavy (non-hydrogen) atoms. The van der Waals surface area contributed by atoms with Gasteiger partial charge in [-0.25, -0.2) is 4.90 Å². The second kappa shape index (κ2) is 9.02. The molecular weight excluding hydrogens is 481 g/mol. The standard InChI is InChI=1S/C24H19Cl2N3O3S/c1-13-10-15(14(2)28(13)20-12-16(25)8-9-18(20)26)11-17-22(30)27-24(33)29(23(17)31)19-6-4-5-7-21(19)32-3/h4-12H,1-3H3,(H,27,30,33)/b17-11+. The largest absolute Gasteiger partial charge is 0.495 e. The Morgan fingerprint density at radius 1 is 1.03 bits per heavy atom. The van der Waals surface area contributed by atoms with E-state index in [9.17, 15) is 9.59 Å². The Bertz CT molecular complexity index is 1350. The predicted molar refractivity (Wildman–Crippen MR) is 134 cm³/mol. The van der Waals surface area contributed by atoms with E-state index in [0.29, 0.717) is 32.7 Å². The minimum Gasteiger partial charge on any atom is -0.495 e. The third-order valence-electron chi connectivity index (χ3n) is 5.35. The number of ether oxygens (including phenoxy) is 1. The van der Waals surface area contributed by atoms with Gasteiger partial charge in [0.05, 0.1) is 23.5 Å². The molecule has 9 heteroatoms. The van der Waals surface area contributed by atoms with Gasteiger partial charge in [-0.1, -0.05) is 35.3 Å². The number of para-hydroxylation sites is 2. The predicted octanol–water partition coefficient (Wildman–Crippen LogP) is 5.24. The summed E-state index contributed by atoms with van der Waals surface area (Å²) in [4.78, 5) is 27.4. The number of aryl methyl sites for hydroxylation is 1. The third kappa shape index (κ3) is 4.15. The number of thiocarbonyl (C=S) groups is 1. The summed E-state index contributed by atoms with van der Waals surface area (Å²) in [5, 5.41) is 3.66. The number of amides is 2. The molecule has 3 aromatic rings. The molecule has 1 N–H and O–H groups in total. The van der Waals surface area contributed by atoms with Gasteiger partial charge in [0.15, 0.2) is 5.11 Å². The average Bonchev–Trinajstić information content (AvgIpc) is 3.05. The van der Waals surface area contributed by atoms with E-state index >= 15 is 0 Å². The molecule has 0 spiro atoms. The highest BCUT2D eigenvalue weighted by Gasteiger charge is 2.36. The molecular formula is C24H19Cl2N3O3S. The molecule has 1 aliphatic heterocycles. The molecule has 1 aromatic heterocycles. The number of rotatable bonds is 4. The fourth-order valence-corrected chi connectivity index (χ4v) is 4.45. The quantitative estimate of drug-likeness (QED) is 0.302. The highest BCUT2D eigenvalue weighted by molar-refractivity contribution is 7.80. The molecule has 1 saturated heterocycles. The van der Waals surface area contributed by atoms with Crippen LogP contribution < -0.4 is 15.0 Å². The molecule has 0 unspecified atom stereocenters. The smallest absolute Gasteiger partial charge is 0.270 e. The second-order valence-electron chi connectivity index (χ2n) is 7.39. The van der Waals surface area contributed by atoms with Crippen molar-refractivity contribution in [1.82, 2.24) is 9.88 Å². The van der Waals surface area contributed by atoms with Crippen molar-refractivity contribution in [2.75, 3.05) is 12.0 Å². The van der Waals surface area contributed by atoms with Crippen LogP contribution in [0.3, 0.4) is 0 Å². The lowest BCUT2D eigenvalue weighted by atomic mass is 10.1. The van der Waals surface area contributed by atoms with Crippen molar-refractivity contribution in [3.8, 4) is 11.4 Å². The van der Waals surface area contributed by atoms with Crippen molar-refractivity contribution in [3.63, 3.8) is 0 Å². The number of aromatic nitrogens is 1. The molecule has 1 fully saturated rings. The molecule has 2 aromatic carbocycles. The topological polar surface area (TPSA) is 63.6 Å². The molecule has 0 radical (unpaired) electrons. The SMILES string of the molecule is COc1ccccc1N1C(=O)/C(=C/c2cc(C)n(-c3cc(Cl)ccc3Cl)c2C)C(=O)NC1=S. The van der Waals surface area contributed by atoms with Gasteiger partial charge in [0, 0.05) is 16.4 Å². The van der Waals surface area contributed by atoms with Crippen LogP contribution in [-0.2, 0) is 9.59 Å². The summed E-state index contributed by atoms with van der Waals surface area (Å²) in [6, 6.07) is 14.0. The molecule has 4 rings (SSSR count). The van der Waals surface area contributed by atoms with Crippen molar-refractivity contribution in [1.29, 1.82) is 0 Å². The number of methoxy groups -OCH3 is 1. The van der Waals surface area contributed by atoms with Gasteiger partial charge in [0.2, 0.25) is 0 Å². The van der Waals surface area contributed by atoms with E-state index in [0.717, 1.165) is 11.4 Å². The lowest BCUT2D eigenvalue weighted by Crippen LogP contribution is -2.54. The Morgan fingerprint density at radius 2 is 1.76 bits per heavy atom. The molecule has 0 saturated carbocycles. The van der Waals surface area contributed by atoms with Gasteiger partial charge in [-0.2, -0.15) is 0 Å². The second-order valence-corrected chi connectivity index (χ2v) is 8.62. The number of nitrogens with one attached hydrogen (secondary N) is 1. The van der Waals surface area contributed by atoms with E-state index in [1.807, 2.05) is 24.5 Å². The van der Waals surface area contributed by atoms with Crippen LogP contribution in [0.4, 0.5) is 5.69 Å². The van der Waals surface area contributed by atoms with Crippen molar-refractivity contribution in [2.45, 2.75) is 13.8 Å². The Hall–Kier alpha value is -3.13. The first-order chi connectivity index (χ1) is 15.7. The highest BCUT2D eigenvalue weighted by atomic mass is 35.5. The number of hydrogen-bond donors (Lipinski definition) is 1. The highest BCUT2D eigenvalue weighted by Crippen LogP contribution is 2.33. The number of halogens is 2. The molecule has 0 aliphatic carbocycles. The van der Waals surface area contributed by atoms with Gasteiger partial charge in [-0.15, -0.1) is 0 Å². The molecule has 2 heterocycles. The summed E-state index contributed by atoms with van der Waals surface area (Å²) < 4.78 is 7.30. The minimum absolute atomic E-state index is 0.0113. The van der Waals surface area contributed by atoms with Crippen LogP contribution in [0, 0.1) is 13.8 Å². The van der Waals surface area contributed by atoms with E-state index in [2.05, 4.69) is 5.32 Å². The first-order valence-corrected chi connectivity index (χ1v) is 11.1. The summed E-state index contributed by atoms with van der Waals surface area (Å²) in [7, 11) is 1.50. The lowest BCUT2D eigenvalue weighted by Gasteiger charge is -2.29. The fourth-order valence-electron chi connectivity index (χ4n) is 3.81. The molecule has 1 aliphatic rings. The number of carbonyl (C=O) groups excluding carboxylic acids is 2. The van der Waals surface area contributed by atoms with E-state index in [-0.39, 0.29) is 10.7 Å². The van der Waals surface area contributed by atoms with Crippen LogP contribution in [0.5, 0.6) is 5.75 Å². The Kier molecular flexibility index (Phi) is 6.30. The summed E-state index contributed by atoms with van der Waals surface area (Å²) >= 11 is 17.9. The first kappa shape index (κ1) is 23.0. The van der Waals surface area contributed by atoms with Crippen LogP contribution in [0.25, 0.3) is 11.8 Å². The van der Waals surface area contributed by atoms with Gasteiger partial charge >= 0.3 is 0 Å². The molecule has 168 valence electrons. The van der Waals surface area contributed by atoms with Crippen molar-refractivity contribution >= 4 is 64.1 Å². The normalized spacial score (nSPS) is 15.2. The van der Waals surface area contributed by atoms with Crippen molar-refractivity contribution < 1.29 is 14.3 Å². The first-order valence-electron chi connectivity index (χ1n) is 9.91. The van der Waals surface area contributed by atoms with Gasteiger partial charge < -0.3 is 9.30 Å². The monoisotopic (exact) mass is 499 g/mol. The van der Waals surface area contributed by atoms with Crippen molar-refractivity contribution in [3.05, 3.63) is 81.1 Å². The van der Waals surface area contributed by atoms with Crippen LogP contribution in [0.2, 0.25) is 10.0 Å². The third-order valence-corrected chi connectivity index (χ3v) is 6.19. The Balaban J connectivity index is 1.80. The molecule has 6 nitrogen and oxygen atoms in total. The van der Waals surface area contributed by atoms with Gasteiger partial charge in [0.1, 0.15) is 11.3 Å². The van der Waals surface area contributed by atoms with Crippen LogP contribution in [0.1, 0.15) is 17.0 Å². The number of carbonyl (C=O) groups is 2. The fraction of sp³-hybridized carbons (Fsp3) is 0.125. The van der Waals surface area contributed by atoms with Gasteiger partial charge in [-0.05, 0) is 74.1 Å². The van der Waals surface area contributed by atoms with E-state index < -0.39 is 11.8 Å². The molecule has 0 bridgehead atoms. The number of anilines is 1. The number of hydrogen-bond acceptors (Lipinski definition) is 4. The number of nitrogens with zero attached hydrogens (tertiary/aromatic N) is 2. The maximum Gasteiger partial charge on any atom is 0.270 e. The zero-order chi connectivity index (χ0) is 23.9. The maximum atomic E-state index is 13.4. The molecule has 0 atom stereocenters. The molecule has 2 amide bonds. The van der Waals surface area contributed by atoms with E-state index in [4.69, 9.17) is 40.2 Å². The summed E-state index contributed by atoms with van der Waals surface area (Å²) in [5.74, 6) is -0.655. The van der Waals surface area contributed by atoms with Gasteiger partial charge in [0.25, 0.3) is 11.8 Å². The van der Waals surface area contributed by atoms with E-state index in [1.54, 1.807) is 48.5 Å². The van der Waals surface area contributed by atoms with Crippen LogP contribution in [-0.4, -0.2) is 28.6 Å². The number of benzene rings is 2. The summed E-state index contributed by atoms with van der Waals surface area (Å²) in [6.07, 6.45) is 1.55. The average molecular weight is 500 g/mol. The van der Waals surface area contributed by atoms with E-state index in [1.165, 1.54) is 12.0 Å². The summed E-state index contributed by atoms with van der Waals surface area (Å²) in [6.45, 7) is 3.79. The maximum absolute atomic E-state index is 13.4. The Labute approximate surface area is 206 Å². The van der Waals surface area contributed by atoms with Gasteiger partial charge in [-0.3, -0.25) is 14.9 Å². The minimum atomic E-state index is -0.568.